The maximum Gasteiger partial charge on any atom is 0.359 e. The lowest BCUT2D eigenvalue weighted by Gasteiger charge is -2.31. The van der Waals surface area contributed by atoms with Crippen molar-refractivity contribution in [2.45, 2.75) is 44.8 Å². The molecule has 1 spiro atoms. The Morgan fingerprint density at radius 2 is 1.89 bits per heavy atom. The van der Waals surface area contributed by atoms with Gasteiger partial charge in [0.2, 0.25) is 0 Å². The summed E-state index contributed by atoms with van der Waals surface area (Å²) in [6, 6.07) is 5.24. The highest BCUT2D eigenvalue weighted by Gasteiger charge is 2.42. The molecule has 146 valence electrons. The molecule has 1 saturated carbocycles. The van der Waals surface area contributed by atoms with Gasteiger partial charge in [-0.25, -0.2) is 9.78 Å². The van der Waals surface area contributed by atoms with E-state index in [1.54, 1.807) is 25.1 Å². The number of carbonyl (C=O) groups is 2. The number of ether oxygens (including phenoxy) is 3. The average molecular weight is 383 g/mol. The van der Waals surface area contributed by atoms with Crippen molar-refractivity contribution in [1.82, 2.24) is 9.97 Å². The fourth-order valence-corrected chi connectivity index (χ4v) is 3.37. The van der Waals surface area contributed by atoms with E-state index < -0.39 is 24.3 Å². The third kappa shape index (κ3) is 3.90. The van der Waals surface area contributed by atoms with Crippen LogP contribution in [0.4, 0.5) is 5.69 Å². The van der Waals surface area contributed by atoms with Gasteiger partial charge in [0.15, 0.2) is 23.8 Å². The van der Waals surface area contributed by atoms with E-state index in [-0.39, 0.29) is 5.69 Å². The van der Waals surface area contributed by atoms with E-state index in [1.165, 1.54) is 18.8 Å². The first-order valence-electron chi connectivity index (χ1n) is 9.31. The highest BCUT2D eigenvalue weighted by Crippen LogP contribution is 2.46. The van der Waals surface area contributed by atoms with Gasteiger partial charge in [-0.3, -0.25) is 9.78 Å². The summed E-state index contributed by atoms with van der Waals surface area (Å²) in [6.45, 7) is 1.34. The predicted molar refractivity (Wildman–Crippen MR) is 99.2 cm³/mol. The summed E-state index contributed by atoms with van der Waals surface area (Å²) in [4.78, 5) is 31.9. The summed E-state index contributed by atoms with van der Waals surface area (Å²) < 4.78 is 17.0. The van der Waals surface area contributed by atoms with Crippen molar-refractivity contribution < 1.29 is 23.8 Å². The van der Waals surface area contributed by atoms with Crippen molar-refractivity contribution in [2.24, 2.45) is 0 Å². The molecule has 0 atom stereocenters. The summed E-state index contributed by atoms with van der Waals surface area (Å²) in [5, 5.41) is 2.69. The van der Waals surface area contributed by atoms with Crippen LogP contribution in [0.5, 0.6) is 11.5 Å². The Hall–Kier alpha value is -3.16. The number of rotatable bonds is 4. The van der Waals surface area contributed by atoms with Gasteiger partial charge in [0.05, 0.1) is 11.9 Å². The first kappa shape index (κ1) is 18.2. The van der Waals surface area contributed by atoms with Crippen LogP contribution in [0.3, 0.4) is 0 Å². The predicted octanol–water partition coefficient (Wildman–Crippen LogP) is 3.01. The van der Waals surface area contributed by atoms with Gasteiger partial charge >= 0.3 is 5.97 Å². The molecule has 1 aliphatic heterocycles. The summed E-state index contributed by atoms with van der Waals surface area (Å²) in [5.41, 5.74) is 1.29. The molecule has 0 unspecified atom stereocenters. The van der Waals surface area contributed by atoms with E-state index in [4.69, 9.17) is 14.2 Å². The zero-order chi connectivity index (χ0) is 19.6. The fraction of sp³-hybridized carbons (Fsp3) is 0.400. The zero-order valence-electron chi connectivity index (χ0n) is 15.6. The van der Waals surface area contributed by atoms with Gasteiger partial charge in [0, 0.05) is 30.8 Å². The summed E-state index contributed by atoms with van der Waals surface area (Å²) in [5.74, 6) is -0.420. The average Bonchev–Trinajstić information content (AvgIpc) is 3.03. The number of nitrogens with zero attached hydrogens (tertiary/aromatic N) is 2. The quantitative estimate of drug-likeness (QED) is 0.810. The lowest BCUT2D eigenvalue weighted by Crippen LogP contribution is -2.40. The summed E-state index contributed by atoms with van der Waals surface area (Å²) in [6.07, 6.45) is 7.85. The Labute approximate surface area is 162 Å². The normalized spacial score (nSPS) is 16.6. The van der Waals surface area contributed by atoms with Crippen molar-refractivity contribution >= 4 is 17.6 Å². The van der Waals surface area contributed by atoms with Gasteiger partial charge in [-0.1, -0.05) is 6.42 Å². The van der Waals surface area contributed by atoms with Gasteiger partial charge in [-0.05, 0) is 31.9 Å². The first-order valence-corrected chi connectivity index (χ1v) is 9.31. The van der Waals surface area contributed by atoms with Crippen LogP contribution in [-0.4, -0.2) is 34.2 Å². The second-order valence-corrected chi connectivity index (χ2v) is 7.00. The molecule has 2 heterocycles. The molecule has 0 saturated heterocycles. The number of nitrogens with one attached hydrogen (secondary N) is 1. The van der Waals surface area contributed by atoms with Crippen LogP contribution in [-0.2, 0) is 9.53 Å². The standard InChI is InChI=1S/C20H21N3O5/c1-13-10-22-15(11-21-13)19(25)26-12-18(24)23-14-5-6-16-17(9-14)28-20(27-16)7-3-2-4-8-20/h5-6,9-11H,2-4,7-8,12H2,1H3,(H,23,24). The zero-order valence-corrected chi connectivity index (χ0v) is 15.6. The Morgan fingerprint density at radius 1 is 1.11 bits per heavy atom. The molecule has 2 aliphatic rings. The molecule has 1 fully saturated rings. The number of aromatic nitrogens is 2. The topological polar surface area (TPSA) is 99.6 Å². The highest BCUT2D eigenvalue weighted by molar-refractivity contribution is 5.95. The maximum atomic E-state index is 12.1. The van der Waals surface area contributed by atoms with Crippen molar-refractivity contribution in [3.05, 3.63) is 42.0 Å². The number of carbonyl (C=O) groups excluding carboxylic acids is 2. The van der Waals surface area contributed by atoms with Crippen LogP contribution in [0, 0.1) is 6.92 Å². The van der Waals surface area contributed by atoms with Crippen LogP contribution in [0.2, 0.25) is 0 Å². The second-order valence-electron chi connectivity index (χ2n) is 7.00. The monoisotopic (exact) mass is 383 g/mol. The van der Waals surface area contributed by atoms with Gasteiger partial charge in [0.25, 0.3) is 11.7 Å². The third-order valence-electron chi connectivity index (χ3n) is 4.76. The molecule has 0 bridgehead atoms. The van der Waals surface area contributed by atoms with E-state index in [0.717, 1.165) is 25.7 Å². The van der Waals surface area contributed by atoms with Gasteiger partial charge < -0.3 is 19.5 Å². The molecule has 1 aliphatic carbocycles. The molecule has 1 aromatic carbocycles. The minimum Gasteiger partial charge on any atom is -0.451 e. The lowest BCUT2D eigenvalue weighted by molar-refractivity contribution is -0.119. The van der Waals surface area contributed by atoms with Gasteiger partial charge in [-0.2, -0.15) is 0 Å². The third-order valence-corrected chi connectivity index (χ3v) is 4.76. The minimum absolute atomic E-state index is 0.0549. The number of amides is 1. The van der Waals surface area contributed by atoms with Crippen LogP contribution in [0.25, 0.3) is 0 Å². The highest BCUT2D eigenvalue weighted by atomic mass is 16.7. The molecule has 1 aromatic heterocycles. The number of hydrogen-bond acceptors (Lipinski definition) is 7. The number of aryl methyl sites for hydroxylation is 1. The molecule has 1 amide bonds. The van der Waals surface area contributed by atoms with Crippen molar-refractivity contribution in [3.63, 3.8) is 0 Å². The molecular weight excluding hydrogens is 362 g/mol. The second kappa shape index (κ2) is 7.46. The molecule has 28 heavy (non-hydrogen) atoms. The van der Waals surface area contributed by atoms with Crippen LogP contribution >= 0.6 is 0 Å². The molecule has 8 nitrogen and oxygen atoms in total. The van der Waals surface area contributed by atoms with Crippen LogP contribution in [0.15, 0.2) is 30.6 Å². The summed E-state index contributed by atoms with van der Waals surface area (Å²) in [7, 11) is 0. The van der Waals surface area contributed by atoms with Crippen LogP contribution in [0.1, 0.15) is 48.3 Å². The fourth-order valence-electron chi connectivity index (χ4n) is 3.37. The minimum atomic E-state index is -0.701. The molecule has 1 N–H and O–H groups in total. The Balaban J connectivity index is 1.32. The number of fused-ring (bicyclic) bond motifs is 1. The number of anilines is 1. The first-order chi connectivity index (χ1) is 13.5. The Kier molecular flexibility index (Phi) is 4.85. The molecular formula is C20H21N3O5. The SMILES string of the molecule is Cc1cnc(C(=O)OCC(=O)Nc2ccc3c(c2)OC2(CCCCC2)O3)cn1. The van der Waals surface area contributed by atoms with E-state index in [1.807, 2.05) is 0 Å². The van der Waals surface area contributed by atoms with E-state index in [9.17, 15) is 9.59 Å². The lowest BCUT2D eigenvalue weighted by atomic mass is 9.94. The largest absolute Gasteiger partial charge is 0.451 e. The Bertz CT molecular complexity index is 891. The Morgan fingerprint density at radius 3 is 2.64 bits per heavy atom. The van der Waals surface area contributed by atoms with E-state index >= 15 is 0 Å². The van der Waals surface area contributed by atoms with Gasteiger partial charge in [0.1, 0.15) is 0 Å². The van der Waals surface area contributed by atoms with Crippen molar-refractivity contribution in [3.8, 4) is 11.5 Å². The summed E-state index contributed by atoms with van der Waals surface area (Å²) >= 11 is 0. The molecule has 8 heteroatoms. The van der Waals surface area contributed by atoms with Gasteiger partial charge in [-0.15, -0.1) is 0 Å². The number of benzene rings is 1. The molecule has 2 aromatic rings. The maximum absolute atomic E-state index is 12.1. The smallest absolute Gasteiger partial charge is 0.359 e. The van der Waals surface area contributed by atoms with Crippen molar-refractivity contribution in [1.29, 1.82) is 0 Å². The van der Waals surface area contributed by atoms with Crippen LogP contribution < -0.4 is 14.8 Å². The number of hydrogen-bond donors (Lipinski definition) is 1. The van der Waals surface area contributed by atoms with E-state index in [0.29, 0.717) is 22.9 Å². The van der Waals surface area contributed by atoms with Crippen molar-refractivity contribution in [2.75, 3.05) is 11.9 Å². The molecule has 0 radical (unpaired) electrons. The number of esters is 1. The molecule has 4 rings (SSSR count). The van der Waals surface area contributed by atoms with E-state index in [2.05, 4.69) is 15.3 Å².